The molecule has 0 aliphatic heterocycles. The zero-order chi connectivity index (χ0) is 16.8. The molecule has 1 aromatic heterocycles. The van der Waals surface area contributed by atoms with Gasteiger partial charge in [0, 0.05) is 12.1 Å². The fourth-order valence-corrected chi connectivity index (χ4v) is 2.20. The lowest BCUT2D eigenvalue weighted by Crippen LogP contribution is -2.13. The molecule has 23 heavy (non-hydrogen) atoms. The van der Waals surface area contributed by atoms with Crippen LogP contribution in [0, 0.1) is 5.92 Å². The number of aromatic nitrogens is 1. The highest BCUT2D eigenvalue weighted by Gasteiger charge is 2.09. The summed E-state index contributed by atoms with van der Waals surface area (Å²) in [5, 5.41) is 6.78. The molecule has 0 radical (unpaired) electrons. The van der Waals surface area contributed by atoms with Gasteiger partial charge in [-0.15, -0.1) is 0 Å². The molecule has 2 N–H and O–H groups in total. The molecule has 2 aromatic rings. The SMILES string of the molecule is CC(C)CCNc1ccc(NC(=O)c2ccc(Cl)c(Cl)c2)nc1. The summed E-state index contributed by atoms with van der Waals surface area (Å²) >= 11 is 11.8. The average molecular weight is 352 g/mol. The number of pyridine rings is 1. The Bertz CT molecular complexity index is 672. The van der Waals surface area contributed by atoms with Gasteiger partial charge in [-0.1, -0.05) is 37.0 Å². The number of hydrogen-bond donors (Lipinski definition) is 2. The van der Waals surface area contributed by atoms with Gasteiger partial charge in [-0.2, -0.15) is 0 Å². The van der Waals surface area contributed by atoms with E-state index in [0.29, 0.717) is 27.3 Å². The highest BCUT2D eigenvalue weighted by atomic mass is 35.5. The Hall–Kier alpha value is -1.78. The maximum absolute atomic E-state index is 12.1. The molecule has 122 valence electrons. The Morgan fingerprint density at radius 3 is 2.57 bits per heavy atom. The first-order chi connectivity index (χ1) is 11.0. The van der Waals surface area contributed by atoms with Gasteiger partial charge >= 0.3 is 0 Å². The number of nitrogens with one attached hydrogen (secondary N) is 2. The molecular formula is C17H19Cl2N3O. The summed E-state index contributed by atoms with van der Waals surface area (Å²) in [5.41, 5.74) is 1.36. The van der Waals surface area contributed by atoms with Crippen LogP contribution in [0.25, 0.3) is 0 Å². The molecule has 1 aromatic carbocycles. The summed E-state index contributed by atoms with van der Waals surface area (Å²) < 4.78 is 0. The summed E-state index contributed by atoms with van der Waals surface area (Å²) in [4.78, 5) is 16.4. The number of anilines is 2. The molecular weight excluding hydrogens is 333 g/mol. The second-order valence-electron chi connectivity index (χ2n) is 5.62. The zero-order valence-electron chi connectivity index (χ0n) is 13.1. The van der Waals surface area contributed by atoms with Crippen molar-refractivity contribution in [1.29, 1.82) is 0 Å². The molecule has 0 aliphatic rings. The number of hydrogen-bond acceptors (Lipinski definition) is 3. The Kier molecular flexibility index (Phi) is 6.25. The Morgan fingerprint density at radius 2 is 1.96 bits per heavy atom. The largest absolute Gasteiger partial charge is 0.384 e. The summed E-state index contributed by atoms with van der Waals surface area (Å²) in [6.07, 6.45) is 2.79. The van der Waals surface area contributed by atoms with Gasteiger partial charge in [0.15, 0.2) is 0 Å². The van der Waals surface area contributed by atoms with E-state index in [9.17, 15) is 4.79 Å². The summed E-state index contributed by atoms with van der Waals surface area (Å²) in [7, 11) is 0. The van der Waals surface area contributed by atoms with Crippen LogP contribution in [0.15, 0.2) is 36.5 Å². The normalized spacial score (nSPS) is 10.7. The molecule has 1 amide bonds. The number of amides is 1. The molecule has 0 atom stereocenters. The van der Waals surface area contributed by atoms with Gasteiger partial charge in [-0.05, 0) is 42.7 Å². The predicted molar refractivity (Wildman–Crippen MR) is 96.6 cm³/mol. The van der Waals surface area contributed by atoms with Crippen molar-refractivity contribution >= 4 is 40.6 Å². The fourth-order valence-electron chi connectivity index (χ4n) is 1.90. The molecule has 2 rings (SSSR count). The van der Waals surface area contributed by atoms with Crippen LogP contribution in [-0.4, -0.2) is 17.4 Å². The van der Waals surface area contributed by atoms with E-state index >= 15 is 0 Å². The Balaban J connectivity index is 1.94. The Morgan fingerprint density at radius 1 is 1.17 bits per heavy atom. The van der Waals surface area contributed by atoms with E-state index in [4.69, 9.17) is 23.2 Å². The summed E-state index contributed by atoms with van der Waals surface area (Å²) in [6, 6.07) is 8.38. The number of carbonyl (C=O) groups is 1. The van der Waals surface area contributed by atoms with Crippen molar-refractivity contribution in [1.82, 2.24) is 4.98 Å². The highest BCUT2D eigenvalue weighted by molar-refractivity contribution is 6.42. The van der Waals surface area contributed by atoms with E-state index < -0.39 is 0 Å². The Labute approximate surface area is 146 Å². The van der Waals surface area contributed by atoms with Crippen molar-refractivity contribution in [2.24, 2.45) is 5.92 Å². The van der Waals surface area contributed by atoms with Gasteiger partial charge < -0.3 is 10.6 Å². The van der Waals surface area contributed by atoms with E-state index in [2.05, 4.69) is 29.5 Å². The maximum Gasteiger partial charge on any atom is 0.256 e. The van der Waals surface area contributed by atoms with Crippen molar-refractivity contribution in [3.05, 3.63) is 52.1 Å². The third kappa shape index (κ3) is 5.41. The van der Waals surface area contributed by atoms with Crippen LogP contribution in [0.1, 0.15) is 30.6 Å². The van der Waals surface area contributed by atoms with Gasteiger partial charge in [0.25, 0.3) is 5.91 Å². The quantitative estimate of drug-likeness (QED) is 0.761. The third-order valence-electron chi connectivity index (χ3n) is 3.24. The van der Waals surface area contributed by atoms with Crippen LogP contribution >= 0.6 is 23.2 Å². The van der Waals surface area contributed by atoms with Gasteiger partial charge in [0.2, 0.25) is 0 Å². The van der Waals surface area contributed by atoms with Crippen LogP contribution < -0.4 is 10.6 Å². The van der Waals surface area contributed by atoms with Crippen molar-refractivity contribution < 1.29 is 4.79 Å². The number of nitrogens with zero attached hydrogens (tertiary/aromatic N) is 1. The molecule has 0 fully saturated rings. The minimum Gasteiger partial charge on any atom is -0.384 e. The molecule has 0 unspecified atom stereocenters. The second-order valence-corrected chi connectivity index (χ2v) is 6.44. The predicted octanol–water partition coefficient (Wildman–Crippen LogP) is 5.10. The first-order valence-electron chi connectivity index (χ1n) is 7.42. The molecule has 0 saturated heterocycles. The number of carbonyl (C=O) groups excluding carboxylic acids is 1. The lowest BCUT2D eigenvalue weighted by atomic mass is 10.1. The van der Waals surface area contributed by atoms with Crippen LogP contribution in [0.3, 0.4) is 0 Å². The summed E-state index contributed by atoms with van der Waals surface area (Å²) in [6.45, 7) is 5.26. The molecule has 0 spiro atoms. The fraction of sp³-hybridized carbons (Fsp3) is 0.294. The standard InChI is InChI=1S/C17H19Cl2N3O/c1-11(2)7-8-20-13-4-6-16(21-10-13)22-17(23)12-3-5-14(18)15(19)9-12/h3-6,9-11,20H,7-8H2,1-2H3,(H,21,22,23). The molecule has 0 aliphatic carbocycles. The molecule has 6 heteroatoms. The van der Waals surface area contributed by atoms with E-state index in [-0.39, 0.29) is 5.91 Å². The average Bonchev–Trinajstić information content (AvgIpc) is 2.51. The van der Waals surface area contributed by atoms with Gasteiger partial charge in [0.1, 0.15) is 5.82 Å². The third-order valence-corrected chi connectivity index (χ3v) is 3.98. The van der Waals surface area contributed by atoms with E-state index in [1.54, 1.807) is 24.4 Å². The minimum atomic E-state index is -0.281. The van der Waals surface area contributed by atoms with Crippen LogP contribution in [0.5, 0.6) is 0 Å². The topological polar surface area (TPSA) is 54.0 Å². The number of rotatable bonds is 6. The minimum absolute atomic E-state index is 0.281. The number of benzene rings is 1. The van der Waals surface area contributed by atoms with Crippen LogP contribution in [0.2, 0.25) is 10.0 Å². The van der Waals surface area contributed by atoms with Gasteiger partial charge in [0.05, 0.1) is 21.9 Å². The van der Waals surface area contributed by atoms with E-state index in [1.807, 2.05) is 6.07 Å². The highest BCUT2D eigenvalue weighted by Crippen LogP contribution is 2.23. The molecule has 4 nitrogen and oxygen atoms in total. The monoisotopic (exact) mass is 351 g/mol. The van der Waals surface area contributed by atoms with E-state index in [0.717, 1.165) is 18.7 Å². The van der Waals surface area contributed by atoms with Crippen molar-refractivity contribution in [2.75, 3.05) is 17.2 Å². The molecule has 1 heterocycles. The molecule has 0 bridgehead atoms. The van der Waals surface area contributed by atoms with Crippen molar-refractivity contribution in [2.45, 2.75) is 20.3 Å². The first-order valence-corrected chi connectivity index (χ1v) is 8.17. The lowest BCUT2D eigenvalue weighted by molar-refractivity contribution is 0.102. The lowest BCUT2D eigenvalue weighted by Gasteiger charge is -2.09. The zero-order valence-corrected chi connectivity index (χ0v) is 14.6. The van der Waals surface area contributed by atoms with Crippen LogP contribution in [0.4, 0.5) is 11.5 Å². The van der Waals surface area contributed by atoms with Gasteiger partial charge in [-0.3, -0.25) is 4.79 Å². The van der Waals surface area contributed by atoms with Crippen LogP contribution in [-0.2, 0) is 0 Å². The van der Waals surface area contributed by atoms with E-state index in [1.165, 1.54) is 6.07 Å². The van der Waals surface area contributed by atoms with Crippen molar-refractivity contribution in [3.8, 4) is 0 Å². The second kappa shape index (κ2) is 8.18. The maximum atomic E-state index is 12.1. The smallest absolute Gasteiger partial charge is 0.256 e. The van der Waals surface area contributed by atoms with Crippen molar-refractivity contribution in [3.63, 3.8) is 0 Å². The van der Waals surface area contributed by atoms with Gasteiger partial charge in [-0.25, -0.2) is 4.98 Å². The molecule has 0 saturated carbocycles. The summed E-state index contributed by atoms with van der Waals surface area (Å²) in [5.74, 6) is 0.854. The first kappa shape index (κ1) is 17.6. The number of halogens is 2.